The van der Waals surface area contributed by atoms with Crippen molar-refractivity contribution >= 4 is 11.2 Å². The molecule has 1 atom stereocenters. The highest BCUT2D eigenvalue weighted by Gasteiger charge is 2.01. The van der Waals surface area contributed by atoms with Gasteiger partial charge in [-0.15, -0.1) is 0 Å². The van der Waals surface area contributed by atoms with Crippen molar-refractivity contribution in [2.24, 2.45) is 0 Å². The Morgan fingerprint density at radius 2 is 1.92 bits per heavy atom. The van der Waals surface area contributed by atoms with E-state index in [1.807, 2.05) is 24.3 Å². The van der Waals surface area contributed by atoms with Crippen LogP contribution in [0, 0.1) is 6.92 Å². The molecule has 0 saturated carbocycles. The van der Waals surface area contributed by atoms with Crippen molar-refractivity contribution in [1.29, 1.82) is 0 Å². The molecule has 65 valence electrons. The number of hydrogen-bond donors (Lipinski definition) is 0. The molecule has 1 rings (SSSR count). The van der Waals surface area contributed by atoms with E-state index in [0.29, 0.717) is 0 Å². The molecule has 0 aliphatic carbocycles. The summed E-state index contributed by atoms with van der Waals surface area (Å²) in [6.45, 7) is 3.78. The van der Waals surface area contributed by atoms with Crippen molar-refractivity contribution in [3.63, 3.8) is 0 Å². The molecule has 0 spiro atoms. The van der Waals surface area contributed by atoms with Crippen LogP contribution in [-0.2, 0) is 17.6 Å². The van der Waals surface area contributed by atoms with Gasteiger partial charge in [0.15, 0.2) is 4.90 Å². The summed E-state index contributed by atoms with van der Waals surface area (Å²) in [5, 5.41) is 0. The molecule has 2 heteroatoms. The monoisotopic (exact) mass is 181 g/mol. The zero-order valence-corrected chi connectivity index (χ0v) is 8.06. The van der Waals surface area contributed by atoms with E-state index >= 15 is 0 Å². The molecule has 0 heterocycles. The Morgan fingerprint density at radius 3 is 2.33 bits per heavy atom. The molecule has 0 aromatic heterocycles. The van der Waals surface area contributed by atoms with Gasteiger partial charge in [-0.1, -0.05) is 19.1 Å². The second kappa shape index (κ2) is 4.53. The molecule has 1 nitrogen and oxygen atoms in total. The van der Waals surface area contributed by atoms with Gasteiger partial charge in [0.25, 0.3) is 0 Å². The minimum atomic E-state index is -0.857. The van der Waals surface area contributed by atoms with Crippen LogP contribution in [0.3, 0.4) is 0 Å². The summed E-state index contributed by atoms with van der Waals surface area (Å²) >= 11 is -0.857. The molecule has 0 bridgehead atoms. The second-order valence-corrected chi connectivity index (χ2v) is 4.08. The molecule has 0 saturated heterocycles. The maximum Gasteiger partial charge on any atom is 0.152 e. The van der Waals surface area contributed by atoms with Crippen molar-refractivity contribution in [2.45, 2.75) is 17.7 Å². The van der Waals surface area contributed by atoms with E-state index in [-0.39, 0.29) is 0 Å². The molecular formula is C10H13OS. The van der Waals surface area contributed by atoms with Crippen LogP contribution in [0.15, 0.2) is 29.2 Å². The third kappa shape index (κ3) is 2.54. The van der Waals surface area contributed by atoms with Gasteiger partial charge in [-0.25, -0.2) is 0 Å². The Bertz CT molecular complexity index is 228. The maximum atomic E-state index is 11.0. The summed E-state index contributed by atoms with van der Waals surface area (Å²) < 4.78 is 11.0. The fourth-order valence-electron chi connectivity index (χ4n) is 1.05. The van der Waals surface area contributed by atoms with Gasteiger partial charge in [-0.05, 0) is 41.7 Å². The molecule has 1 aromatic carbocycles. The molecule has 1 radical (unpaired) electrons. The maximum absolute atomic E-state index is 11.0. The first-order chi connectivity index (χ1) is 5.74. The van der Waals surface area contributed by atoms with Gasteiger partial charge < -0.3 is 4.55 Å². The van der Waals surface area contributed by atoms with Crippen LogP contribution in [0.4, 0.5) is 0 Å². The zero-order chi connectivity index (χ0) is 8.97. The van der Waals surface area contributed by atoms with Crippen LogP contribution in [0.2, 0.25) is 0 Å². The number of aryl methyl sites for hydroxylation is 1. The summed E-state index contributed by atoms with van der Waals surface area (Å²) in [7, 11) is 0. The van der Waals surface area contributed by atoms with E-state index in [2.05, 4.69) is 6.92 Å². The first-order valence-corrected chi connectivity index (χ1v) is 5.51. The molecule has 0 aliphatic heterocycles. The SMILES string of the molecule is [CH2]CCc1ccc([S+](C)[O-])cc1. The minimum Gasteiger partial charge on any atom is -0.612 e. The van der Waals surface area contributed by atoms with Crippen molar-refractivity contribution in [2.75, 3.05) is 6.26 Å². The highest BCUT2D eigenvalue weighted by Crippen LogP contribution is 2.11. The van der Waals surface area contributed by atoms with Gasteiger partial charge in [-0.2, -0.15) is 0 Å². The Labute approximate surface area is 77.0 Å². The van der Waals surface area contributed by atoms with Gasteiger partial charge in [0.1, 0.15) is 6.26 Å². The van der Waals surface area contributed by atoms with Crippen molar-refractivity contribution in [1.82, 2.24) is 0 Å². The van der Waals surface area contributed by atoms with Gasteiger partial charge in [0.2, 0.25) is 0 Å². The van der Waals surface area contributed by atoms with E-state index in [0.717, 1.165) is 17.7 Å². The molecular weight excluding hydrogens is 168 g/mol. The zero-order valence-electron chi connectivity index (χ0n) is 7.25. The highest BCUT2D eigenvalue weighted by molar-refractivity contribution is 7.90. The number of benzene rings is 1. The number of rotatable bonds is 3. The number of hydrogen-bond acceptors (Lipinski definition) is 1. The van der Waals surface area contributed by atoms with E-state index in [1.165, 1.54) is 5.56 Å². The quantitative estimate of drug-likeness (QED) is 0.655. The van der Waals surface area contributed by atoms with Crippen LogP contribution in [0.1, 0.15) is 12.0 Å². The Balaban J connectivity index is 2.71. The first-order valence-electron chi connectivity index (χ1n) is 3.95. The van der Waals surface area contributed by atoms with Crippen LogP contribution >= 0.6 is 0 Å². The van der Waals surface area contributed by atoms with E-state index in [1.54, 1.807) is 6.26 Å². The van der Waals surface area contributed by atoms with Gasteiger partial charge in [0.05, 0.1) is 0 Å². The largest absolute Gasteiger partial charge is 0.612 e. The molecule has 0 N–H and O–H groups in total. The lowest BCUT2D eigenvalue weighted by Crippen LogP contribution is -1.96. The lowest BCUT2D eigenvalue weighted by Gasteiger charge is -2.04. The average molecular weight is 181 g/mol. The van der Waals surface area contributed by atoms with E-state index in [9.17, 15) is 4.55 Å². The normalized spacial score (nSPS) is 12.9. The Hall–Kier alpha value is -0.470. The van der Waals surface area contributed by atoms with Crippen molar-refractivity contribution in [3.05, 3.63) is 36.8 Å². The smallest absolute Gasteiger partial charge is 0.152 e. The molecule has 0 fully saturated rings. The van der Waals surface area contributed by atoms with Gasteiger partial charge >= 0.3 is 0 Å². The molecule has 0 amide bonds. The fourth-order valence-corrected chi connectivity index (χ4v) is 1.57. The van der Waals surface area contributed by atoms with Gasteiger partial charge in [0, 0.05) is 0 Å². The van der Waals surface area contributed by atoms with E-state index in [4.69, 9.17) is 0 Å². The molecule has 0 aliphatic rings. The Morgan fingerprint density at radius 1 is 1.33 bits per heavy atom. The van der Waals surface area contributed by atoms with Crippen LogP contribution in [-0.4, -0.2) is 10.8 Å². The molecule has 1 aromatic rings. The predicted octanol–water partition coefficient (Wildman–Crippen LogP) is 2.19. The van der Waals surface area contributed by atoms with Crippen LogP contribution < -0.4 is 0 Å². The van der Waals surface area contributed by atoms with Crippen molar-refractivity contribution < 1.29 is 4.55 Å². The third-order valence-corrected chi connectivity index (χ3v) is 2.66. The van der Waals surface area contributed by atoms with E-state index < -0.39 is 11.2 Å². The summed E-state index contributed by atoms with van der Waals surface area (Å²) in [5.41, 5.74) is 1.26. The topological polar surface area (TPSA) is 23.1 Å². The average Bonchev–Trinajstić information content (AvgIpc) is 2.06. The Kier molecular flexibility index (Phi) is 3.63. The lowest BCUT2D eigenvalue weighted by atomic mass is 10.1. The minimum absolute atomic E-state index is 0.857. The third-order valence-electron chi connectivity index (χ3n) is 1.72. The summed E-state index contributed by atoms with van der Waals surface area (Å²) in [6, 6.07) is 7.87. The van der Waals surface area contributed by atoms with Crippen LogP contribution in [0.25, 0.3) is 0 Å². The predicted molar refractivity (Wildman–Crippen MR) is 52.5 cm³/mol. The highest BCUT2D eigenvalue weighted by atomic mass is 32.2. The summed E-state index contributed by atoms with van der Waals surface area (Å²) in [4.78, 5) is 0.891. The standard InChI is InChI=1S/C10H13OS/c1-3-4-9-5-7-10(8-6-9)12(2)11/h5-8H,1,3-4H2,2H3. The summed E-state index contributed by atoms with van der Waals surface area (Å²) in [6.07, 6.45) is 3.60. The lowest BCUT2D eigenvalue weighted by molar-refractivity contribution is 0.601. The fraction of sp³-hybridized carbons (Fsp3) is 0.300. The second-order valence-electron chi connectivity index (χ2n) is 2.70. The van der Waals surface area contributed by atoms with Gasteiger partial charge in [-0.3, -0.25) is 0 Å². The molecule has 1 unspecified atom stereocenters. The van der Waals surface area contributed by atoms with Crippen LogP contribution in [0.5, 0.6) is 0 Å². The first kappa shape index (κ1) is 9.62. The summed E-state index contributed by atoms with van der Waals surface area (Å²) in [5.74, 6) is 0. The molecule has 12 heavy (non-hydrogen) atoms. The van der Waals surface area contributed by atoms with Crippen molar-refractivity contribution in [3.8, 4) is 0 Å².